The third-order valence-electron chi connectivity index (χ3n) is 2.90. The number of furan rings is 1. The third kappa shape index (κ3) is 2.47. The van der Waals surface area contributed by atoms with E-state index in [0.717, 1.165) is 23.6 Å². The maximum Gasteiger partial charge on any atom is 0.152 e. The summed E-state index contributed by atoms with van der Waals surface area (Å²) in [7, 11) is -2.93. The molecule has 0 saturated carbocycles. The Hall–Kier alpha value is -0.810. The molecule has 0 aromatic carbocycles. The lowest BCUT2D eigenvalue weighted by atomic mass is 10.1. The van der Waals surface area contributed by atoms with Gasteiger partial charge in [-0.3, -0.25) is 0 Å². The van der Waals surface area contributed by atoms with Crippen molar-refractivity contribution < 1.29 is 12.8 Å². The molecule has 1 fully saturated rings. The molecule has 0 radical (unpaired) electrons. The van der Waals surface area contributed by atoms with Crippen LogP contribution in [0, 0.1) is 13.8 Å². The summed E-state index contributed by atoms with van der Waals surface area (Å²) in [6.45, 7) is 4.50. The molecule has 16 heavy (non-hydrogen) atoms. The number of hydrogen-bond donors (Lipinski definition) is 1. The summed E-state index contributed by atoms with van der Waals surface area (Å²) in [6, 6.07) is 1.80. The van der Waals surface area contributed by atoms with E-state index < -0.39 is 9.84 Å². The van der Waals surface area contributed by atoms with Crippen molar-refractivity contribution >= 4 is 9.84 Å². The molecule has 4 nitrogen and oxygen atoms in total. The molecule has 1 unspecified atom stereocenters. The van der Waals surface area contributed by atoms with Gasteiger partial charge in [-0.15, -0.1) is 0 Å². The van der Waals surface area contributed by atoms with Crippen LogP contribution in [0.15, 0.2) is 10.5 Å². The Balaban J connectivity index is 2.29. The van der Waals surface area contributed by atoms with Gasteiger partial charge in [0.2, 0.25) is 0 Å². The van der Waals surface area contributed by atoms with E-state index in [9.17, 15) is 8.42 Å². The van der Waals surface area contributed by atoms with Crippen molar-refractivity contribution in [3.63, 3.8) is 0 Å². The van der Waals surface area contributed by atoms with E-state index in [1.54, 1.807) is 0 Å². The Morgan fingerprint density at radius 1 is 1.44 bits per heavy atom. The molecule has 0 spiro atoms. The first-order chi connectivity index (χ1) is 7.48. The molecule has 1 aliphatic rings. The Kier molecular flexibility index (Phi) is 3.08. The smallest absolute Gasteiger partial charge is 0.152 e. The highest BCUT2D eigenvalue weighted by molar-refractivity contribution is 7.91. The van der Waals surface area contributed by atoms with Gasteiger partial charge in [0.05, 0.1) is 11.5 Å². The van der Waals surface area contributed by atoms with Gasteiger partial charge >= 0.3 is 0 Å². The first kappa shape index (κ1) is 11.7. The van der Waals surface area contributed by atoms with Crippen LogP contribution in [0.25, 0.3) is 0 Å². The van der Waals surface area contributed by atoms with Crippen molar-refractivity contribution in [2.24, 2.45) is 0 Å². The molecular weight excluding hydrogens is 226 g/mol. The third-order valence-corrected chi connectivity index (χ3v) is 4.65. The van der Waals surface area contributed by atoms with Crippen molar-refractivity contribution in [1.82, 2.24) is 5.32 Å². The number of rotatable bonds is 1. The van der Waals surface area contributed by atoms with Crippen molar-refractivity contribution in [1.29, 1.82) is 0 Å². The molecule has 1 saturated heterocycles. The van der Waals surface area contributed by atoms with Crippen LogP contribution in [0.5, 0.6) is 0 Å². The molecule has 5 heteroatoms. The van der Waals surface area contributed by atoms with Gasteiger partial charge in [0.15, 0.2) is 9.84 Å². The molecule has 90 valence electrons. The highest BCUT2D eigenvalue weighted by Gasteiger charge is 2.26. The van der Waals surface area contributed by atoms with Crippen molar-refractivity contribution in [2.75, 3.05) is 18.1 Å². The van der Waals surface area contributed by atoms with Gasteiger partial charge < -0.3 is 9.73 Å². The normalized spacial score (nSPS) is 25.2. The zero-order valence-corrected chi connectivity index (χ0v) is 10.4. The number of sulfone groups is 1. The van der Waals surface area contributed by atoms with E-state index >= 15 is 0 Å². The zero-order chi connectivity index (χ0) is 11.8. The molecule has 2 heterocycles. The highest BCUT2D eigenvalue weighted by Crippen LogP contribution is 2.24. The summed E-state index contributed by atoms with van der Waals surface area (Å²) in [5.74, 6) is 2.10. The molecule has 1 aromatic rings. The van der Waals surface area contributed by atoms with Gasteiger partial charge in [-0.2, -0.15) is 0 Å². The summed E-state index contributed by atoms with van der Waals surface area (Å²) in [4.78, 5) is 0. The van der Waals surface area contributed by atoms with Crippen LogP contribution in [0.3, 0.4) is 0 Å². The average Bonchev–Trinajstić information content (AvgIpc) is 2.40. The second-order valence-corrected chi connectivity index (χ2v) is 6.57. The van der Waals surface area contributed by atoms with Crippen LogP contribution >= 0.6 is 0 Å². The predicted molar refractivity (Wildman–Crippen MR) is 62.2 cm³/mol. The quantitative estimate of drug-likeness (QED) is 0.808. The first-order valence-corrected chi connectivity index (χ1v) is 7.31. The maximum absolute atomic E-state index is 11.7. The standard InChI is InChI=1S/C11H17NO3S/c1-8-6-10(9(2)15-8)11-7-16(13,14)5-3-4-12-11/h6,11-12H,3-5,7H2,1-2H3. The summed E-state index contributed by atoms with van der Waals surface area (Å²) < 4.78 is 28.8. The molecule has 2 rings (SSSR count). The lowest BCUT2D eigenvalue weighted by Crippen LogP contribution is -2.25. The molecule has 1 N–H and O–H groups in total. The van der Waals surface area contributed by atoms with Crippen LogP contribution in [0.2, 0.25) is 0 Å². The molecule has 1 aliphatic heterocycles. The SMILES string of the molecule is Cc1cc(C2CS(=O)(=O)CCCN2)c(C)o1. The zero-order valence-electron chi connectivity index (χ0n) is 9.62. The van der Waals surface area contributed by atoms with Gasteiger partial charge in [0.1, 0.15) is 11.5 Å². The van der Waals surface area contributed by atoms with Crippen LogP contribution in [0.1, 0.15) is 29.5 Å². The number of aryl methyl sites for hydroxylation is 2. The number of hydrogen-bond acceptors (Lipinski definition) is 4. The monoisotopic (exact) mass is 243 g/mol. The van der Waals surface area contributed by atoms with Crippen LogP contribution in [-0.4, -0.2) is 26.5 Å². The summed E-state index contributed by atoms with van der Waals surface area (Å²) in [5.41, 5.74) is 0.975. The van der Waals surface area contributed by atoms with E-state index in [4.69, 9.17) is 4.42 Å². The molecule has 0 aliphatic carbocycles. The Bertz CT molecular complexity index is 475. The van der Waals surface area contributed by atoms with Gasteiger partial charge in [-0.05, 0) is 32.9 Å². The maximum atomic E-state index is 11.7. The predicted octanol–water partition coefficient (Wildman–Crippen LogP) is 1.35. The van der Waals surface area contributed by atoms with Gasteiger partial charge in [0, 0.05) is 11.6 Å². The lowest BCUT2D eigenvalue weighted by Gasteiger charge is -2.14. The van der Waals surface area contributed by atoms with E-state index in [2.05, 4.69) is 5.32 Å². The Labute approximate surface area is 95.9 Å². The fraction of sp³-hybridized carbons (Fsp3) is 0.636. The van der Waals surface area contributed by atoms with Gasteiger partial charge in [-0.1, -0.05) is 0 Å². The minimum absolute atomic E-state index is 0.120. The fourth-order valence-corrected chi connectivity index (χ4v) is 3.72. The minimum atomic E-state index is -2.93. The largest absolute Gasteiger partial charge is 0.466 e. The fourth-order valence-electron chi connectivity index (χ4n) is 2.16. The molecule has 1 aromatic heterocycles. The number of nitrogens with one attached hydrogen (secondary N) is 1. The molecule has 0 amide bonds. The Morgan fingerprint density at radius 3 is 2.81 bits per heavy atom. The second kappa shape index (κ2) is 4.22. The first-order valence-electron chi connectivity index (χ1n) is 5.49. The van der Waals surface area contributed by atoms with Crippen molar-refractivity contribution in [3.05, 3.63) is 23.2 Å². The van der Waals surface area contributed by atoms with Crippen LogP contribution in [0.4, 0.5) is 0 Å². The Morgan fingerprint density at radius 2 is 2.19 bits per heavy atom. The minimum Gasteiger partial charge on any atom is -0.466 e. The van der Waals surface area contributed by atoms with E-state index in [1.165, 1.54) is 0 Å². The van der Waals surface area contributed by atoms with E-state index in [-0.39, 0.29) is 17.5 Å². The summed E-state index contributed by atoms with van der Waals surface area (Å²) in [5, 5.41) is 3.27. The molecule has 1 atom stereocenters. The second-order valence-electron chi connectivity index (χ2n) is 4.34. The topological polar surface area (TPSA) is 59.3 Å². The average molecular weight is 243 g/mol. The van der Waals surface area contributed by atoms with Crippen molar-refractivity contribution in [2.45, 2.75) is 26.3 Å². The van der Waals surface area contributed by atoms with Gasteiger partial charge in [0.25, 0.3) is 0 Å². The van der Waals surface area contributed by atoms with Gasteiger partial charge in [-0.25, -0.2) is 8.42 Å². The van der Waals surface area contributed by atoms with Crippen LogP contribution in [-0.2, 0) is 9.84 Å². The summed E-state index contributed by atoms with van der Waals surface area (Å²) >= 11 is 0. The molecule has 0 bridgehead atoms. The van der Waals surface area contributed by atoms with E-state index in [1.807, 2.05) is 19.9 Å². The van der Waals surface area contributed by atoms with Crippen LogP contribution < -0.4 is 5.32 Å². The van der Waals surface area contributed by atoms with Crippen molar-refractivity contribution in [3.8, 4) is 0 Å². The summed E-state index contributed by atoms with van der Waals surface area (Å²) in [6.07, 6.45) is 0.689. The lowest BCUT2D eigenvalue weighted by molar-refractivity contribution is 0.491. The van der Waals surface area contributed by atoms with E-state index in [0.29, 0.717) is 6.42 Å². The molecular formula is C11H17NO3S. The highest BCUT2D eigenvalue weighted by atomic mass is 32.2.